The summed E-state index contributed by atoms with van der Waals surface area (Å²) in [5.74, 6) is 1.26. The lowest BCUT2D eigenvalue weighted by atomic mass is 9.86. The summed E-state index contributed by atoms with van der Waals surface area (Å²) in [5, 5.41) is 0. The van der Waals surface area contributed by atoms with Gasteiger partial charge in [-0.05, 0) is 37.5 Å². The van der Waals surface area contributed by atoms with Gasteiger partial charge in [-0.3, -0.25) is 9.59 Å². The van der Waals surface area contributed by atoms with E-state index in [9.17, 15) is 9.59 Å². The minimum Gasteiger partial charge on any atom is -0.466 e. The van der Waals surface area contributed by atoms with Gasteiger partial charge in [-0.1, -0.05) is 124 Å². The lowest BCUT2D eigenvalue weighted by Crippen LogP contribution is -2.13. The molecule has 0 amide bonds. The second kappa shape index (κ2) is 26.0. The Balaban J connectivity index is 3.45. The molecule has 4 heteroatoms. The Hall–Kier alpha value is -1.06. The average molecular weight is 497 g/mol. The predicted molar refractivity (Wildman–Crippen MR) is 149 cm³/mol. The quantitative estimate of drug-likeness (QED) is 0.0883. The van der Waals surface area contributed by atoms with Gasteiger partial charge >= 0.3 is 11.9 Å². The van der Waals surface area contributed by atoms with Crippen LogP contribution in [-0.2, 0) is 19.1 Å². The standard InChI is InChI=1S/C31H60O4/c1-5-7-26-34-30(32)23-21-19-17-15-13-11-9-10-12-14-16-18-20-22-29(28(3)4)24-25-31(33)35-27-8-6-2/h28-29H,5-27H2,1-4H3. The van der Waals surface area contributed by atoms with Crippen molar-refractivity contribution >= 4 is 11.9 Å². The predicted octanol–water partition coefficient (Wildman–Crippen LogP) is 9.58. The molecule has 35 heavy (non-hydrogen) atoms. The van der Waals surface area contributed by atoms with Gasteiger partial charge in [0.25, 0.3) is 0 Å². The fourth-order valence-electron chi connectivity index (χ4n) is 4.54. The molecule has 0 rings (SSSR count). The van der Waals surface area contributed by atoms with Gasteiger partial charge in [0.2, 0.25) is 0 Å². The number of rotatable bonds is 26. The van der Waals surface area contributed by atoms with Crippen LogP contribution in [0.1, 0.15) is 163 Å². The summed E-state index contributed by atoms with van der Waals surface area (Å²) in [6, 6.07) is 0. The van der Waals surface area contributed by atoms with Crippen LogP contribution in [0.15, 0.2) is 0 Å². The third kappa shape index (κ3) is 24.4. The molecular weight excluding hydrogens is 436 g/mol. The van der Waals surface area contributed by atoms with Crippen LogP contribution >= 0.6 is 0 Å². The molecule has 1 unspecified atom stereocenters. The molecule has 0 N–H and O–H groups in total. The molecule has 0 spiro atoms. The molecule has 0 radical (unpaired) electrons. The Labute approximate surface area is 218 Å². The largest absolute Gasteiger partial charge is 0.466 e. The van der Waals surface area contributed by atoms with Gasteiger partial charge in [-0.25, -0.2) is 0 Å². The third-order valence-electron chi connectivity index (χ3n) is 7.14. The van der Waals surface area contributed by atoms with Crippen LogP contribution in [0.5, 0.6) is 0 Å². The van der Waals surface area contributed by atoms with Crippen LogP contribution in [0.3, 0.4) is 0 Å². The van der Waals surface area contributed by atoms with Crippen molar-refractivity contribution in [2.75, 3.05) is 13.2 Å². The molecule has 0 saturated carbocycles. The second-order valence-electron chi connectivity index (χ2n) is 10.8. The van der Waals surface area contributed by atoms with Crippen molar-refractivity contribution in [3.05, 3.63) is 0 Å². The first-order valence-corrected chi connectivity index (χ1v) is 15.3. The molecule has 0 aromatic rings. The van der Waals surface area contributed by atoms with Crippen LogP contribution < -0.4 is 0 Å². The van der Waals surface area contributed by atoms with Gasteiger partial charge in [0.15, 0.2) is 0 Å². The lowest BCUT2D eigenvalue weighted by molar-refractivity contribution is -0.145. The molecule has 0 aliphatic rings. The Morgan fingerprint density at radius 1 is 0.514 bits per heavy atom. The van der Waals surface area contributed by atoms with Gasteiger partial charge in [0, 0.05) is 12.8 Å². The molecule has 1 atom stereocenters. The molecule has 0 heterocycles. The van der Waals surface area contributed by atoms with Crippen LogP contribution in [0, 0.1) is 11.8 Å². The molecule has 0 bridgehead atoms. The second-order valence-corrected chi connectivity index (χ2v) is 10.8. The summed E-state index contributed by atoms with van der Waals surface area (Å²) in [7, 11) is 0. The molecule has 0 aliphatic carbocycles. The lowest BCUT2D eigenvalue weighted by Gasteiger charge is -2.20. The van der Waals surface area contributed by atoms with E-state index in [1.807, 2.05) is 0 Å². The number of carbonyl (C=O) groups is 2. The Bertz CT molecular complexity index is 475. The van der Waals surface area contributed by atoms with Crippen LogP contribution in [0.4, 0.5) is 0 Å². The van der Waals surface area contributed by atoms with E-state index in [4.69, 9.17) is 9.47 Å². The van der Waals surface area contributed by atoms with Gasteiger partial charge in [-0.15, -0.1) is 0 Å². The fraction of sp³-hybridized carbons (Fsp3) is 0.935. The first-order valence-electron chi connectivity index (χ1n) is 15.3. The maximum Gasteiger partial charge on any atom is 0.305 e. The maximum atomic E-state index is 11.9. The van der Waals surface area contributed by atoms with Crippen molar-refractivity contribution < 1.29 is 19.1 Å². The maximum absolute atomic E-state index is 11.9. The highest BCUT2D eigenvalue weighted by atomic mass is 16.5. The molecule has 0 aromatic carbocycles. The number of hydrogen-bond acceptors (Lipinski definition) is 4. The van der Waals surface area contributed by atoms with Crippen molar-refractivity contribution in [2.24, 2.45) is 11.8 Å². The van der Waals surface area contributed by atoms with E-state index in [-0.39, 0.29) is 11.9 Å². The summed E-state index contributed by atoms with van der Waals surface area (Å²) in [5.41, 5.74) is 0. The number of ether oxygens (including phenoxy) is 2. The zero-order valence-electron chi connectivity index (χ0n) is 24.1. The Morgan fingerprint density at radius 3 is 1.34 bits per heavy atom. The van der Waals surface area contributed by atoms with Crippen molar-refractivity contribution in [1.82, 2.24) is 0 Å². The number of hydrogen-bond donors (Lipinski definition) is 0. The molecule has 0 saturated heterocycles. The summed E-state index contributed by atoms with van der Waals surface area (Å²) in [6.07, 6.45) is 24.3. The summed E-state index contributed by atoms with van der Waals surface area (Å²) in [6.45, 7) is 9.98. The zero-order chi connectivity index (χ0) is 26.0. The van der Waals surface area contributed by atoms with E-state index in [0.717, 1.165) is 44.9 Å². The smallest absolute Gasteiger partial charge is 0.305 e. The molecule has 0 aliphatic heterocycles. The Morgan fingerprint density at radius 2 is 0.914 bits per heavy atom. The summed E-state index contributed by atoms with van der Waals surface area (Å²) in [4.78, 5) is 23.4. The minimum absolute atomic E-state index is 0.0103. The highest BCUT2D eigenvalue weighted by Gasteiger charge is 2.15. The van der Waals surface area contributed by atoms with E-state index in [2.05, 4.69) is 27.7 Å². The normalized spacial score (nSPS) is 12.1. The van der Waals surface area contributed by atoms with E-state index in [1.165, 1.54) is 77.0 Å². The number of esters is 2. The minimum atomic E-state index is -0.0158. The highest BCUT2D eigenvalue weighted by Crippen LogP contribution is 2.24. The average Bonchev–Trinajstić information content (AvgIpc) is 2.83. The van der Waals surface area contributed by atoms with Gasteiger partial charge in [0.05, 0.1) is 13.2 Å². The third-order valence-corrected chi connectivity index (χ3v) is 7.14. The molecular formula is C31H60O4. The first kappa shape index (κ1) is 33.9. The van der Waals surface area contributed by atoms with Crippen LogP contribution in [-0.4, -0.2) is 25.2 Å². The molecule has 208 valence electrons. The van der Waals surface area contributed by atoms with Crippen LogP contribution in [0.25, 0.3) is 0 Å². The summed E-state index contributed by atoms with van der Waals surface area (Å²) >= 11 is 0. The van der Waals surface area contributed by atoms with E-state index in [1.54, 1.807) is 0 Å². The SMILES string of the molecule is CCCCOC(=O)CCCCCCCCCCCCCCCC(CCC(=O)OCCCC)C(C)C. The molecule has 0 aromatic heterocycles. The number of carbonyl (C=O) groups excluding carboxylic acids is 2. The van der Waals surface area contributed by atoms with E-state index in [0.29, 0.717) is 37.9 Å². The van der Waals surface area contributed by atoms with Crippen LogP contribution in [0.2, 0.25) is 0 Å². The van der Waals surface area contributed by atoms with Crippen molar-refractivity contribution in [3.63, 3.8) is 0 Å². The molecule has 4 nitrogen and oxygen atoms in total. The van der Waals surface area contributed by atoms with Gasteiger partial charge < -0.3 is 9.47 Å². The monoisotopic (exact) mass is 496 g/mol. The van der Waals surface area contributed by atoms with E-state index < -0.39 is 0 Å². The van der Waals surface area contributed by atoms with Gasteiger partial charge in [-0.2, -0.15) is 0 Å². The molecule has 0 fully saturated rings. The summed E-state index contributed by atoms with van der Waals surface area (Å²) < 4.78 is 10.5. The Kier molecular flexibility index (Phi) is 25.2. The number of unbranched alkanes of at least 4 members (excludes halogenated alkanes) is 14. The first-order chi connectivity index (χ1) is 17.0. The van der Waals surface area contributed by atoms with Crippen molar-refractivity contribution in [3.8, 4) is 0 Å². The highest BCUT2D eigenvalue weighted by molar-refractivity contribution is 5.69. The van der Waals surface area contributed by atoms with Crippen molar-refractivity contribution in [2.45, 2.75) is 163 Å². The van der Waals surface area contributed by atoms with Crippen molar-refractivity contribution in [1.29, 1.82) is 0 Å². The fourth-order valence-corrected chi connectivity index (χ4v) is 4.54. The van der Waals surface area contributed by atoms with Gasteiger partial charge in [0.1, 0.15) is 0 Å². The topological polar surface area (TPSA) is 52.6 Å². The van der Waals surface area contributed by atoms with E-state index >= 15 is 0 Å². The zero-order valence-corrected chi connectivity index (χ0v) is 24.1.